The summed E-state index contributed by atoms with van der Waals surface area (Å²) < 4.78 is 0.719. The molecule has 0 unspecified atom stereocenters. The molecule has 0 aromatic carbocycles. The second-order valence-electron chi connectivity index (χ2n) is 4.39. The van der Waals surface area contributed by atoms with Crippen LogP contribution >= 0.6 is 22.9 Å². The summed E-state index contributed by atoms with van der Waals surface area (Å²) >= 11 is 7.41. The summed E-state index contributed by atoms with van der Waals surface area (Å²) in [6.07, 6.45) is 4.64. The highest BCUT2D eigenvalue weighted by atomic mass is 35.5. The Morgan fingerprint density at radius 1 is 1.30 bits per heavy atom. The topological polar surface area (TPSA) is 56.9 Å². The molecular formula is C14H18ClN3OS. The van der Waals surface area contributed by atoms with Crippen LogP contribution in [0.5, 0.6) is 0 Å². The standard InChI is InChI=1S/C14H18ClN3OS/c1-2-5-16-6-7-18-14(19)11-9-17-8-10(11)12-3-4-13(15)20-12/h3-4,8-9,16-17H,2,5-7H2,1H3,(H,18,19). The van der Waals surface area contributed by atoms with Gasteiger partial charge in [-0.2, -0.15) is 0 Å². The molecule has 2 aromatic heterocycles. The smallest absolute Gasteiger partial charge is 0.253 e. The minimum atomic E-state index is -0.0657. The molecule has 0 saturated carbocycles. The fourth-order valence-corrected chi connectivity index (χ4v) is 2.95. The molecule has 4 nitrogen and oxygen atoms in total. The monoisotopic (exact) mass is 311 g/mol. The number of amides is 1. The van der Waals surface area contributed by atoms with Crippen LogP contribution in [-0.4, -0.2) is 30.5 Å². The minimum Gasteiger partial charge on any atom is -0.366 e. The first-order valence-corrected chi connectivity index (χ1v) is 7.83. The molecule has 0 aliphatic carbocycles. The molecule has 0 atom stereocenters. The molecule has 0 spiro atoms. The molecule has 2 aromatic rings. The van der Waals surface area contributed by atoms with E-state index in [4.69, 9.17) is 11.6 Å². The zero-order valence-electron chi connectivity index (χ0n) is 11.3. The summed E-state index contributed by atoms with van der Waals surface area (Å²) in [6.45, 7) is 4.49. The van der Waals surface area contributed by atoms with Crippen molar-refractivity contribution < 1.29 is 4.79 Å². The lowest BCUT2D eigenvalue weighted by atomic mass is 10.1. The Labute approximate surface area is 127 Å². The third-order valence-corrected chi connectivity index (χ3v) is 4.11. The number of aromatic amines is 1. The number of H-pyrrole nitrogens is 1. The Hall–Kier alpha value is -1.30. The molecule has 2 heterocycles. The van der Waals surface area contributed by atoms with E-state index in [0.29, 0.717) is 12.1 Å². The van der Waals surface area contributed by atoms with Gasteiger partial charge in [0.1, 0.15) is 0 Å². The van der Waals surface area contributed by atoms with Crippen LogP contribution in [0.25, 0.3) is 10.4 Å². The Bertz CT molecular complexity index is 564. The second-order valence-corrected chi connectivity index (χ2v) is 6.11. The fraction of sp³-hybridized carbons (Fsp3) is 0.357. The number of hydrogen-bond acceptors (Lipinski definition) is 3. The number of hydrogen-bond donors (Lipinski definition) is 3. The van der Waals surface area contributed by atoms with Crippen LogP contribution in [0.15, 0.2) is 24.5 Å². The van der Waals surface area contributed by atoms with Gasteiger partial charge in [-0.3, -0.25) is 4.79 Å². The number of aromatic nitrogens is 1. The van der Waals surface area contributed by atoms with Gasteiger partial charge in [0.05, 0.1) is 9.90 Å². The molecule has 108 valence electrons. The van der Waals surface area contributed by atoms with Crippen LogP contribution in [0.3, 0.4) is 0 Å². The summed E-state index contributed by atoms with van der Waals surface area (Å²) in [6, 6.07) is 3.76. The molecule has 3 N–H and O–H groups in total. The summed E-state index contributed by atoms with van der Waals surface area (Å²) in [4.78, 5) is 16.1. The van der Waals surface area contributed by atoms with Gasteiger partial charge in [-0.1, -0.05) is 18.5 Å². The molecule has 0 bridgehead atoms. The first-order valence-electron chi connectivity index (χ1n) is 6.63. The van der Waals surface area contributed by atoms with Crippen molar-refractivity contribution in [2.24, 2.45) is 0 Å². The van der Waals surface area contributed by atoms with Crippen LogP contribution in [0.4, 0.5) is 0 Å². The third kappa shape index (κ3) is 3.85. The van der Waals surface area contributed by atoms with Gasteiger partial charge >= 0.3 is 0 Å². The lowest BCUT2D eigenvalue weighted by Crippen LogP contribution is -2.32. The third-order valence-electron chi connectivity index (χ3n) is 2.84. The van der Waals surface area contributed by atoms with Gasteiger partial charge in [0.25, 0.3) is 5.91 Å². The van der Waals surface area contributed by atoms with E-state index in [0.717, 1.165) is 34.3 Å². The number of nitrogens with one attached hydrogen (secondary N) is 3. The first kappa shape index (κ1) is 15.1. The minimum absolute atomic E-state index is 0.0657. The van der Waals surface area contributed by atoms with Gasteiger partial charge in [-0.05, 0) is 25.1 Å². The van der Waals surface area contributed by atoms with E-state index >= 15 is 0 Å². The molecular weight excluding hydrogens is 294 g/mol. The summed E-state index contributed by atoms with van der Waals surface area (Å²) in [5.41, 5.74) is 1.54. The van der Waals surface area contributed by atoms with Crippen LogP contribution in [0.2, 0.25) is 4.34 Å². The van der Waals surface area contributed by atoms with E-state index in [1.54, 1.807) is 6.20 Å². The van der Waals surface area contributed by atoms with E-state index in [-0.39, 0.29) is 5.91 Å². The van der Waals surface area contributed by atoms with Gasteiger partial charge in [-0.25, -0.2) is 0 Å². The quantitative estimate of drug-likeness (QED) is 0.688. The number of halogens is 1. The molecule has 20 heavy (non-hydrogen) atoms. The molecule has 0 radical (unpaired) electrons. The van der Waals surface area contributed by atoms with Crippen LogP contribution in [-0.2, 0) is 0 Å². The number of thiophene rings is 1. The molecule has 0 saturated heterocycles. The van der Waals surface area contributed by atoms with Gasteiger partial charge in [0, 0.05) is 35.9 Å². The van der Waals surface area contributed by atoms with Gasteiger partial charge in [0.15, 0.2) is 0 Å². The summed E-state index contributed by atoms with van der Waals surface area (Å²) in [5, 5.41) is 6.16. The number of carbonyl (C=O) groups excluding carboxylic acids is 1. The van der Waals surface area contributed by atoms with Crippen molar-refractivity contribution in [3.8, 4) is 10.4 Å². The number of rotatable bonds is 7. The van der Waals surface area contributed by atoms with Crippen LogP contribution in [0.1, 0.15) is 23.7 Å². The lowest BCUT2D eigenvalue weighted by molar-refractivity contribution is 0.0955. The molecule has 0 aliphatic rings. The average molecular weight is 312 g/mol. The van der Waals surface area contributed by atoms with E-state index in [1.807, 2.05) is 18.3 Å². The zero-order valence-corrected chi connectivity index (χ0v) is 12.9. The molecule has 6 heteroatoms. The fourth-order valence-electron chi connectivity index (χ4n) is 1.88. The summed E-state index contributed by atoms with van der Waals surface area (Å²) in [7, 11) is 0. The van der Waals surface area contributed by atoms with Crippen molar-refractivity contribution in [2.75, 3.05) is 19.6 Å². The molecule has 0 fully saturated rings. The van der Waals surface area contributed by atoms with Crippen LogP contribution < -0.4 is 10.6 Å². The highest BCUT2D eigenvalue weighted by Crippen LogP contribution is 2.32. The Balaban J connectivity index is 1.96. The van der Waals surface area contributed by atoms with Gasteiger partial charge in [-0.15, -0.1) is 11.3 Å². The lowest BCUT2D eigenvalue weighted by Gasteiger charge is -2.06. The normalized spacial score (nSPS) is 10.7. The Kier molecular flexibility index (Phi) is 5.64. The Morgan fingerprint density at radius 3 is 2.85 bits per heavy atom. The van der Waals surface area contributed by atoms with Crippen molar-refractivity contribution in [1.82, 2.24) is 15.6 Å². The van der Waals surface area contributed by atoms with E-state index in [1.165, 1.54) is 11.3 Å². The average Bonchev–Trinajstić information content (AvgIpc) is 3.06. The second kappa shape index (κ2) is 7.47. The maximum Gasteiger partial charge on any atom is 0.253 e. The number of carbonyl (C=O) groups is 1. The largest absolute Gasteiger partial charge is 0.366 e. The highest BCUT2D eigenvalue weighted by molar-refractivity contribution is 7.19. The Morgan fingerprint density at radius 2 is 2.15 bits per heavy atom. The van der Waals surface area contributed by atoms with E-state index in [9.17, 15) is 4.79 Å². The maximum absolute atomic E-state index is 12.2. The SMILES string of the molecule is CCCNCCNC(=O)c1c[nH]cc1-c1ccc(Cl)s1. The zero-order chi connectivity index (χ0) is 14.4. The van der Waals surface area contributed by atoms with Crippen molar-refractivity contribution in [2.45, 2.75) is 13.3 Å². The van der Waals surface area contributed by atoms with E-state index in [2.05, 4.69) is 22.5 Å². The first-order chi connectivity index (χ1) is 9.72. The van der Waals surface area contributed by atoms with Gasteiger partial charge < -0.3 is 15.6 Å². The van der Waals surface area contributed by atoms with Crippen molar-refractivity contribution in [1.29, 1.82) is 0 Å². The van der Waals surface area contributed by atoms with Crippen molar-refractivity contribution in [3.05, 3.63) is 34.4 Å². The van der Waals surface area contributed by atoms with Gasteiger partial charge in [0.2, 0.25) is 0 Å². The maximum atomic E-state index is 12.2. The highest BCUT2D eigenvalue weighted by Gasteiger charge is 2.14. The molecule has 1 amide bonds. The molecule has 2 rings (SSSR count). The predicted molar refractivity (Wildman–Crippen MR) is 84.6 cm³/mol. The predicted octanol–water partition coefficient (Wildman–Crippen LogP) is 3.13. The van der Waals surface area contributed by atoms with Crippen LogP contribution in [0, 0.1) is 0 Å². The molecule has 0 aliphatic heterocycles. The van der Waals surface area contributed by atoms with Crippen molar-refractivity contribution >= 4 is 28.8 Å². The van der Waals surface area contributed by atoms with E-state index < -0.39 is 0 Å². The summed E-state index contributed by atoms with van der Waals surface area (Å²) in [5.74, 6) is -0.0657. The van der Waals surface area contributed by atoms with Crippen molar-refractivity contribution in [3.63, 3.8) is 0 Å².